The SMILES string of the molecule is CN(C)C(=O)CCNc1ccc(OC(F)(F)F)c(Br)c1. The summed E-state index contributed by atoms with van der Waals surface area (Å²) in [7, 11) is 3.31. The van der Waals surface area contributed by atoms with Crippen molar-refractivity contribution in [1.82, 2.24) is 4.90 Å². The number of alkyl halides is 3. The number of hydrogen-bond acceptors (Lipinski definition) is 3. The van der Waals surface area contributed by atoms with Gasteiger partial charge in [0.15, 0.2) is 0 Å². The molecule has 0 atom stereocenters. The zero-order valence-corrected chi connectivity index (χ0v) is 12.5. The summed E-state index contributed by atoms with van der Waals surface area (Å²) in [6, 6.07) is 4.11. The van der Waals surface area contributed by atoms with E-state index >= 15 is 0 Å². The van der Waals surface area contributed by atoms with Crippen molar-refractivity contribution in [3.8, 4) is 5.75 Å². The normalized spacial score (nSPS) is 11.1. The number of ether oxygens (including phenoxy) is 1. The average molecular weight is 355 g/mol. The molecule has 4 nitrogen and oxygen atoms in total. The predicted molar refractivity (Wildman–Crippen MR) is 72.6 cm³/mol. The Labute approximate surface area is 123 Å². The maximum Gasteiger partial charge on any atom is 0.573 e. The number of anilines is 1. The summed E-state index contributed by atoms with van der Waals surface area (Å²) in [5, 5.41) is 2.95. The maximum atomic E-state index is 12.1. The van der Waals surface area contributed by atoms with E-state index in [0.29, 0.717) is 18.7 Å². The Hall–Kier alpha value is -1.44. The van der Waals surface area contributed by atoms with Crippen LogP contribution < -0.4 is 10.1 Å². The van der Waals surface area contributed by atoms with E-state index in [0.717, 1.165) is 0 Å². The highest BCUT2D eigenvalue weighted by atomic mass is 79.9. The van der Waals surface area contributed by atoms with Crippen molar-refractivity contribution in [2.24, 2.45) is 0 Å². The first-order valence-corrected chi connectivity index (χ1v) is 6.47. The molecule has 0 aliphatic rings. The van der Waals surface area contributed by atoms with Crippen molar-refractivity contribution in [2.75, 3.05) is 26.0 Å². The molecule has 0 bridgehead atoms. The van der Waals surface area contributed by atoms with Gasteiger partial charge in [-0.15, -0.1) is 13.2 Å². The first-order valence-electron chi connectivity index (χ1n) is 5.68. The third kappa shape index (κ3) is 5.68. The van der Waals surface area contributed by atoms with Gasteiger partial charge in [-0.1, -0.05) is 0 Å². The summed E-state index contributed by atoms with van der Waals surface area (Å²) < 4.78 is 40.3. The number of carbonyl (C=O) groups is 1. The van der Waals surface area contributed by atoms with Crippen LogP contribution in [-0.2, 0) is 4.79 Å². The summed E-state index contributed by atoms with van der Waals surface area (Å²) in [4.78, 5) is 12.8. The van der Waals surface area contributed by atoms with Gasteiger partial charge in [-0.25, -0.2) is 0 Å². The third-order valence-corrected chi connectivity index (χ3v) is 2.94. The van der Waals surface area contributed by atoms with Crippen LogP contribution in [-0.4, -0.2) is 37.8 Å². The minimum Gasteiger partial charge on any atom is -0.405 e. The molecule has 112 valence electrons. The number of rotatable bonds is 5. The molecule has 1 N–H and O–H groups in total. The van der Waals surface area contributed by atoms with Gasteiger partial charge in [0.1, 0.15) is 5.75 Å². The molecular formula is C12H14BrF3N2O2. The summed E-state index contributed by atoms with van der Waals surface area (Å²) in [6.45, 7) is 0.392. The molecule has 1 amide bonds. The van der Waals surface area contributed by atoms with Gasteiger partial charge in [0.2, 0.25) is 5.91 Å². The van der Waals surface area contributed by atoms with E-state index in [4.69, 9.17) is 0 Å². The van der Waals surface area contributed by atoms with Crippen LogP contribution in [0, 0.1) is 0 Å². The molecule has 1 aromatic carbocycles. The predicted octanol–water partition coefficient (Wildman–Crippen LogP) is 3.24. The Balaban J connectivity index is 2.57. The number of nitrogens with zero attached hydrogens (tertiary/aromatic N) is 1. The van der Waals surface area contributed by atoms with E-state index in [1.807, 2.05) is 0 Å². The van der Waals surface area contributed by atoms with E-state index in [9.17, 15) is 18.0 Å². The Morgan fingerprint density at radius 2 is 2.05 bits per heavy atom. The monoisotopic (exact) mass is 354 g/mol. The van der Waals surface area contributed by atoms with Gasteiger partial charge < -0.3 is 15.0 Å². The van der Waals surface area contributed by atoms with Crippen LogP contribution in [0.25, 0.3) is 0 Å². The molecule has 0 fully saturated rings. The number of halogens is 4. The summed E-state index contributed by atoms with van der Waals surface area (Å²) in [6.07, 6.45) is -4.43. The number of benzene rings is 1. The molecule has 0 heterocycles. The molecule has 0 spiro atoms. The van der Waals surface area contributed by atoms with Gasteiger partial charge >= 0.3 is 6.36 Å². The van der Waals surface area contributed by atoms with Crippen LogP contribution in [0.3, 0.4) is 0 Å². The van der Waals surface area contributed by atoms with Crippen molar-refractivity contribution in [2.45, 2.75) is 12.8 Å². The fourth-order valence-corrected chi connectivity index (χ4v) is 1.82. The summed E-state index contributed by atoms with van der Waals surface area (Å²) >= 11 is 3.00. The quantitative estimate of drug-likeness (QED) is 0.882. The average Bonchev–Trinajstić information content (AvgIpc) is 2.30. The number of hydrogen-bond donors (Lipinski definition) is 1. The second kappa shape index (κ2) is 6.83. The highest BCUT2D eigenvalue weighted by molar-refractivity contribution is 9.10. The Morgan fingerprint density at radius 1 is 1.40 bits per heavy atom. The fraction of sp³-hybridized carbons (Fsp3) is 0.417. The lowest BCUT2D eigenvalue weighted by molar-refractivity contribution is -0.274. The van der Waals surface area contributed by atoms with Crippen LogP contribution >= 0.6 is 15.9 Å². The van der Waals surface area contributed by atoms with Gasteiger partial charge in [0.25, 0.3) is 0 Å². The summed E-state index contributed by atoms with van der Waals surface area (Å²) in [5.74, 6) is -0.346. The largest absolute Gasteiger partial charge is 0.573 e. The van der Waals surface area contributed by atoms with Gasteiger partial charge in [-0.05, 0) is 34.1 Å². The zero-order valence-electron chi connectivity index (χ0n) is 10.9. The van der Waals surface area contributed by atoms with E-state index in [1.165, 1.54) is 23.1 Å². The Kier molecular flexibility index (Phi) is 5.67. The fourth-order valence-electron chi connectivity index (χ4n) is 1.36. The molecule has 0 unspecified atom stereocenters. The molecule has 0 radical (unpaired) electrons. The van der Waals surface area contributed by atoms with Crippen LogP contribution in [0.15, 0.2) is 22.7 Å². The van der Waals surface area contributed by atoms with Crippen LogP contribution in [0.5, 0.6) is 5.75 Å². The Morgan fingerprint density at radius 3 is 2.55 bits per heavy atom. The minimum absolute atomic E-state index is 0.0337. The molecule has 0 aromatic heterocycles. The van der Waals surface area contributed by atoms with E-state index < -0.39 is 6.36 Å². The molecule has 1 aromatic rings. The van der Waals surface area contributed by atoms with Crippen molar-refractivity contribution in [3.05, 3.63) is 22.7 Å². The van der Waals surface area contributed by atoms with Crippen molar-refractivity contribution in [1.29, 1.82) is 0 Å². The third-order valence-electron chi connectivity index (χ3n) is 2.32. The standard InChI is InChI=1S/C12H14BrF3N2O2/c1-18(2)11(19)5-6-17-8-3-4-10(9(13)7-8)20-12(14,15)16/h3-4,7,17H,5-6H2,1-2H3. The van der Waals surface area contributed by atoms with E-state index in [-0.39, 0.29) is 16.1 Å². The van der Waals surface area contributed by atoms with Crippen molar-refractivity contribution >= 4 is 27.5 Å². The number of carbonyl (C=O) groups excluding carboxylic acids is 1. The lowest BCUT2D eigenvalue weighted by Crippen LogP contribution is -2.23. The number of amides is 1. The second-order valence-electron chi connectivity index (χ2n) is 4.16. The molecule has 0 aliphatic heterocycles. The topological polar surface area (TPSA) is 41.6 Å². The van der Waals surface area contributed by atoms with Gasteiger partial charge in [0.05, 0.1) is 4.47 Å². The van der Waals surface area contributed by atoms with Crippen LogP contribution in [0.1, 0.15) is 6.42 Å². The number of nitrogens with one attached hydrogen (secondary N) is 1. The lowest BCUT2D eigenvalue weighted by atomic mass is 10.3. The van der Waals surface area contributed by atoms with Gasteiger partial charge in [0, 0.05) is 32.7 Å². The first-order chi connectivity index (χ1) is 9.19. The molecule has 0 saturated carbocycles. The first kappa shape index (κ1) is 16.6. The molecule has 20 heavy (non-hydrogen) atoms. The highest BCUT2D eigenvalue weighted by Gasteiger charge is 2.31. The molecular weight excluding hydrogens is 341 g/mol. The highest BCUT2D eigenvalue weighted by Crippen LogP contribution is 2.32. The van der Waals surface area contributed by atoms with Crippen LogP contribution in [0.2, 0.25) is 0 Å². The van der Waals surface area contributed by atoms with Gasteiger partial charge in [-0.3, -0.25) is 4.79 Å². The van der Waals surface area contributed by atoms with Crippen molar-refractivity contribution < 1.29 is 22.7 Å². The molecule has 0 aliphatic carbocycles. The van der Waals surface area contributed by atoms with Gasteiger partial charge in [-0.2, -0.15) is 0 Å². The van der Waals surface area contributed by atoms with Crippen LogP contribution in [0.4, 0.5) is 18.9 Å². The van der Waals surface area contributed by atoms with E-state index in [1.54, 1.807) is 14.1 Å². The van der Waals surface area contributed by atoms with Crippen molar-refractivity contribution in [3.63, 3.8) is 0 Å². The summed E-state index contributed by atoms with van der Waals surface area (Å²) in [5.41, 5.74) is 0.595. The molecule has 0 saturated heterocycles. The van der Waals surface area contributed by atoms with E-state index in [2.05, 4.69) is 26.0 Å². The molecule has 8 heteroatoms. The lowest BCUT2D eigenvalue weighted by Gasteiger charge is -2.13. The zero-order chi connectivity index (χ0) is 15.3. The second-order valence-corrected chi connectivity index (χ2v) is 5.01. The maximum absolute atomic E-state index is 12.1. The minimum atomic E-state index is -4.73. The smallest absolute Gasteiger partial charge is 0.405 e. The molecule has 1 rings (SSSR count). The Bertz CT molecular complexity index is 478.